The van der Waals surface area contributed by atoms with Gasteiger partial charge in [-0.3, -0.25) is 4.84 Å². The van der Waals surface area contributed by atoms with Crippen LogP contribution >= 0.6 is 0 Å². The molecule has 6 nitrogen and oxygen atoms in total. The summed E-state index contributed by atoms with van der Waals surface area (Å²) in [6, 6.07) is 5.06. The molecule has 0 bridgehead atoms. The van der Waals surface area contributed by atoms with E-state index in [4.69, 9.17) is 9.57 Å². The van der Waals surface area contributed by atoms with Crippen molar-refractivity contribution >= 4 is 11.7 Å². The Morgan fingerprint density at radius 1 is 1.56 bits per heavy atom. The van der Waals surface area contributed by atoms with E-state index in [0.29, 0.717) is 11.4 Å². The van der Waals surface area contributed by atoms with E-state index in [1.807, 2.05) is 19.1 Å². The van der Waals surface area contributed by atoms with Gasteiger partial charge in [0.1, 0.15) is 11.8 Å². The first-order valence-electron chi connectivity index (χ1n) is 5.64. The SMILES string of the molecule is CON(C)C(=O)N=Nc1cccc2c1OC(C)C2. The number of fused-ring (bicyclic) bond motifs is 1. The maximum Gasteiger partial charge on any atom is 0.385 e. The lowest BCUT2D eigenvalue weighted by atomic mass is 10.1. The van der Waals surface area contributed by atoms with Crippen molar-refractivity contribution in [3.05, 3.63) is 23.8 Å². The Hall–Kier alpha value is -1.95. The lowest BCUT2D eigenvalue weighted by Crippen LogP contribution is -2.21. The quantitative estimate of drug-likeness (QED) is 0.598. The molecule has 18 heavy (non-hydrogen) atoms. The Bertz CT molecular complexity index is 487. The zero-order valence-corrected chi connectivity index (χ0v) is 10.6. The largest absolute Gasteiger partial charge is 0.488 e. The first kappa shape index (κ1) is 12.5. The number of benzene rings is 1. The summed E-state index contributed by atoms with van der Waals surface area (Å²) in [5, 5.41) is 8.48. The first-order chi connectivity index (χ1) is 8.61. The summed E-state index contributed by atoms with van der Waals surface area (Å²) in [5.41, 5.74) is 1.65. The van der Waals surface area contributed by atoms with Crippen LogP contribution in [0.4, 0.5) is 10.5 Å². The van der Waals surface area contributed by atoms with E-state index in [2.05, 4.69) is 10.2 Å². The number of hydroxylamine groups is 2. The smallest absolute Gasteiger partial charge is 0.385 e. The number of nitrogens with zero attached hydrogens (tertiary/aromatic N) is 3. The maximum absolute atomic E-state index is 11.4. The summed E-state index contributed by atoms with van der Waals surface area (Å²) < 4.78 is 5.65. The van der Waals surface area contributed by atoms with E-state index in [1.165, 1.54) is 14.2 Å². The molecule has 0 spiro atoms. The molecule has 1 aliphatic heterocycles. The maximum atomic E-state index is 11.4. The molecule has 1 aliphatic rings. The van der Waals surface area contributed by atoms with Gasteiger partial charge in [0.05, 0.1) is 7.11 Å². The number of para-hydroxylation sites is 1. The summed E-state index contributed by atoms with van der Waals surface area (Å²) >= 11 is 0. The summed E-state index contributed by atoms with van der Waals surface area (Å²) in [5.74, 6) is 0.710. The van der Waals surface area contributed by atoms with Crippen molar-refractivity contribution in [2.45, 2.75) is 19.4 Å². The van der Waals surface area contributed by atoms with Crippen molar-refractivity contribution in [3.63, 3.8) is 0 Å². The van der Waals surface area contributed by atoms with Crippen LogP contribution in [0.2, 0.25) is 0 Å². The number of amides is 2. The minimum absolute atomic E-state index is 0.133. The van der Waals surface area contributed by atoms with Crippen molar-refractivity contribution in [1.82, 2.24) is 5.06 Å². The lowest BCUT2D eigenvalue weighted by Gasteiger charge is -2.08. The topological polar surface area (TPSA) is 63.5 Å². The van der Waals surface area contributed by atoms with Gasteiger partial charge in [0.25, 0.3) is 0 Å². The van der Waals surface area contributed by atoms with Crippen molar-refractivity contribution < 1.29 is 14.4 Å². The fourth-order valence-electron chi connectivity index (χ4n) is 1.74. The summed E-state index contributed by atoms with van der Waals surface area (Å²) in [7, 11) is 2.85. The molecule has 0 fully saturated rings. The highest BCUT2D eigenvalue weighted by molar-refractivity contribution is 5.73. The number of hydrogen-bond acceptors (Lipinski definition) is 4. The first-order valence-corrected chi connectivity index (χ1v) is 5.64. The molecule has 1 aromatic rings. The Morgan fingerprint density at radius 3 is 3.06 bits per heavy atom. The molecule has 96 valence electrons. The fourth-order valence-corrected chi connectivity index (χ4v) is 1.74. The molecule has 1 aromatic carbocycles. The number of hydrogen-bond donors (Lipinski definition) is 0. The summed E-state index contributed by atoms with van der Waals surface area (Å²) in [6.45, 7) is 1.99. The van der Waals surface area contributed by atoms with E-state index in [1.54, 1.807) is 6.07 Å². The number of urea groups is 1. The molecule has 0 aliphatic carbocycles. The highest BCUT2D eigenvalue weighted by Crippen LogP contribution is 2.37. The third-order valence-corrected chi connectivity index (χ3v) is 2.69. The van der Waals surface area contributed by atoms with Crippen LogP contribution in [0.1, 0.15) is 12.5 Å². The zero-order chi connectivity index (χ0) is 13.1. The predicted octanol–water partition coefficient (Wildman–Crippen LogP) is 2.71. The van der Waals surface area contributed by atoms with Gasteiger partial charge in [-0.15, -0.1) is 5.11 Å². The van der Waals surface area contributed by atoms with Crippen LogP contribution in [-0.2, 0) is 11.3 Å². The van der Waals surface area contributed by atoms with Crippen LogP contribution in [0.15, 0.2) is 28.4 Å². The molecule has 0 saturated carbocycles. The molecule has 2 amide bonds. The van der Waals surface area contributed by atoms with Gasteiger partial charge >= 0.3 is 6.03 Å². The van der Waals surface area contributed by atoms with E-state index >= 15 is 0 Å². The molecule has 6 heteroatoms. The summed E-state index contributed by atoms with van der Waals surface area (Å²) in [4.78, 5) is 16.1. The van der Waals surface area contributed by atoms with Gasteiger partial charge in [0.15, 0.2) is 5.75 Å². The molecule has 1 heterocycles. The molecule has 1 atom stereocenters. The van der Waals surface area contributed by atoms with Crippen LogP contribution in [0.3, 0.4) is 0 Å². The number of rotatable bonds is 2. The van der Waals surface area contributed by atoms with Gasteiger partial charge in [0.2, 0.25) is 0 Å². The molecule has 2 rings (SSSR count). The second-order valence-electron chi connectivity index (χ2n) is 4.06. The number of ether oxygens (including phenoxy) is 1. The van der Waals surface area contributed by atoms with Crippen LogP contribution in [0.5, 0.6) is 5.75 Å². The zero-order valence-electron chi connectivity index (χ0n) is 10.6. The normalized spacial score (nSPS) is 17.6. The van der Waals surface area contributed by atoms with Crippen LogP contribution in [0.25, 0.3) is 0 Å². The van der Waals surface area contributed by atoms with Crippen molar-refractivity contribution in [2.75, 3.05) is 14.2 Å². The van der Waals surface area contributed by atoms with E-state index < -0.39 is 6.03 Å². The highest BCUT2D eigenvalue weighted by atomic mass is 16.7. The van der Waals surface area contributed by atoms with E-state index in [0.717, 1.165) is 17.0 Å². The van der Waals surface area contributed by atoms with Gasteiger partial charge in [0, 0.05) is 19.0 Å². The van der Waals surface area contributed by atoms with Crippen LogP contribution in [-0.4, -0.2) is 31.4 Å². The van der Waals surface area contributed by atoms with Crippen molar-refractivity contribution in [2.24, 2.45) is 10.2 Å². The van der Waals surface area contributed by atoms with Gasteiger partial charge in [-0.2, -0.15) is 0 Å². The third-order valence-electron chi connectivity index (χ3n) is 2.69. The molecule has 1 unspecified atom stereocenters. The average Bonchev–Trinajstić information content (AvgIpc) is 2.75. The van der Waals surface area contributed by atoms with Crippen molar-refractivity contribution in [1.29, 1.82) is 0 Å². The Kier molecular flexibility index (Phi) is 3.57. The monoisotopic (exact) mass is 249 g/mol. The molecular weight excluding hydrogens is 234 g/mol. The lowest BCUT2D eigenvalue weighted by molar-refractivity contribution is -0.0618. The Balaban J connectivity index is 2.19. The van der Waals surface area contributed by atoms with Gasteiger partial charge in [-0.05, 0) is 13.0 Å². The molecular formula is C12H15N3O3. The summed E-state index contributed by atoms with van der Waals surface area (Å²) in [6.07, 6.45) is 0.985. The Labute approximate surface area is 105 Å². The number of azo groups is 1. The fraction of sp³-hybridized carbons (Fsp3) is 0.417. The minimum atomic E-state index is -0.568. The second-order valence-corrected chi connectivity index (χ2v) is 4.06. The van der Waals surface area contributed by atoms with Crippen molar-refractivity contribution in [3.8, 4) is 5.75 Å². The molecule has 0 radical (unpaired) electrons. The number of carbonyl (C=O) groups excluding carboxylic acids is 1. The molecule has 0 saturated heterocycles. The van der Waals surface area contributed by atoms with Gasteiger partial charge in [-0.25, -0.2) is 9.86 Å². The second kappa shape index (κ2) is 5.14. The minimum Gasteiger partial charge on any atom is -0.488 e. The highest BCUT2D eigenvalue weighted by Gasteiger charge is 2.21. The van der Waals surface area contributed by atoms with Gasteiger partial charge < -0.3 is 4.74 Å². The van der Waals surface area contributed by atoms with E-state index in [9.17, 15) is 4.79 Å². The van der Waals surface area contributed by atoms with Crippen LogP contribution in [0, 0.1) is 0 Å². The average molecular weight is 249 g/mol. The number of carbonyl (C=O) groups is 1. The molecule has 0 N–H and O–H groups in total. The van der Waals surface area contributed by atoms with E-state index in [-0.39, 0.29) is 6.10 Å². The Morgan fingerprint density at radius 2 is 2.33 bits per heavy atom. The third kappa shape index (κ3) is 2.48. The predicted molar refractivity (Wildman–Crippen MR) is 64.9 cm³/mol. The standard InChI is InChI=1S/C12H15N3O3/c1-8-7-9-5-4-6-10(11(9)18-8)13-14-12(16)15(2)17-3/h4-6,8H,7H2,1-3H3. The van der Waals surface area contributed by atoms with Crippen LogP contribution < -0.4 is 4.74 Å². The van der Waals surface area contributed by atoms with Gasteiger partial charge in [-0.1, -0.05) is 17.2 Å². The molecule has 0 aromatic heterocycles.